The quantitative estimate of drug-likeness (QED) is 0.0445. The molecule has 0 aliphatic rings. The van der Waals surface area contributed by atoms with Crippen molar-refractivity contribution in [3.8, 4) is 0 Å². The van der Waals surface area contributed by atoms with Gasteiger partial charge in [-0.05, 0) is 38.5 Å². The highest BCUT2D eigenvalue weighted by atomic mass is 33.1. The van der Waals surface area contributed by atoms with Gasteiger partial charge in [-0.15, -0.1) is 0 Å². The van der Waals surface area contributed by atoms with E-state index in [1.807, 2.05) is 0 Å². The highest BCUT2D eigenvalue weighted by Crippen LogP contribution is 2.55. The summed E-state index contributed by atoms with van der Waals surface area (Å²) < 4.78 is 0.995. The van der Waals surface area contributed by atoms with Gasteiger partial charge in [-0.25, -0.2) is 0 Å². The molecule has 0 bridgehead atoms. The zero-order valence-corrected chi connectivity index (χ0v) is 40.6. The van der Waals surface area contributed by atoms with E-state index in [4.69, 9.17) is 0 Å². The van der Waals surface area contributed by atoms with Crippen LogP contribution in [0.25, 0.3) is 0 Å². The lowest BCUT2D eigenvalue weighted by Gasteiger charge is -2.40. The van der Waals surface area contributed by atoms with Gasteiger partial charge >= 0.3 is 0 Å². The van der Waals surface area contributed by atoms with E-state index in [0.29, 0.717) is 9.49 Å². The molecule has 0 saturated heterocycles. The molecule has 326 valence electrons. The summed E-state index contributed by atoms with van der Waals surface area (Å²) in [5.41, 5.74) is 0. The largest absolute Gasteiger partial charge is 0.0867 e. The van der Waals surface area contributed by atoms with Gasteiger partial charge < -0.3 is 0 Å². The maximum Gasteiger partial charge on any atom is 0.0263 e. The summed E-state index contributed by atoms with van der Waals surface area (Å²) in [6.45, 7) is 14.2. The molecule has 0 aromatic carbocycles. The highest BCUT2D eigenvalue weighted by molar-refractivity contribution is 8.77. The SMILES string of the molecule is CCCCCCCCCC(CCCCCCCC)(CCCCCCCC)SSC(CCCCCCCC)(CCCCCCCC)CCCCCCCCC. The van der Waals surface area contributed by atoms with Gasteiger partial charge in [0.2, 0.25) is 0 Å². The van der Waals surface area contributed by atoms with E-state index < -0.39 is 0 Å². The number of rotatable bonds is 47. The number of hydrogen-bond donors (Lipinski definition) is 0. The predicted octanol–water partition coefficient (Wildman–Crippen LogP) is 21.1. The minimum Gasteiger partial charge on any atom is -0.0867 e. The van der Waals surface area contributed by atoms with E-state index in [0.717, 1.165) is 0 Å². The molecule has 0 nitrogen and oxygen atoms in total. The zero-order valence-electron chi connectivity index (χ0n) is 38.9. The van der Waals surface area contributed by atoms with E-state index in [2.05, 4.69) is 63.1 Å². The summed E-state index contributed by atoms with van der Waals surface area (Å²) in [5.74, 6) is 0. The molecule has 0 aliphatic carbocycles. The molecule has 0 aromatic heterocycles. The van der Waals surface area contributed by atoms with Crippen LogP contribution in [0.1, 0.15) is 324 Å². The zero-order chi connectivity index (χ0) is 39.5. The van der Waals surface area contributed by atoms with Gasteiger partial charge in [-0.2, -0.15) is 0 Å². The number of unbranched alkanes of at least 4 members (excludes halogenated alkanes) is 32. The van der Waals surface area contributed by atoms with Crippen LogP contribution in [-0.2, 0) is 0 Å². The van der Waals surface area contributed by atoms with E-state index in [-0.39, 0.29) is 0 Å². The van der Waals surface area contributed by atoms with Gasteiger partial charge in [0.25, 0.3) is 0 Å². The predicted molar refractivity (Wildman–Crippen MR) is 258 cm³/mol. The second-order valence-corrected chi connectivity index (χ2v) is 21.4. The van der Waals surface area contributed by atoms with Crippen LogP contribution in [0.3, 0.4) is 0 Å². The lowest BCUT2D eigenvalue weighted by Crippen LogP contribution is -2.29. The fourth-order valence-electron chi connectivity index (χ4n) is 8.90. The van der Waals surface area contributed by atoms with Gasteiger partial charge in [0, 0.05) is 9.49 Å². The molecule has 2 heteroatoms. The van der Waals surface area contributed by atoms with Gasteiger partial charge in [-0.3, -0.25) is 0 Å². The van der Waals surface area contributed by atoms with Crippen LogP contribution in [0, 0.1) is 0 Å². The normalized spacial score (nSPS) is 12.3. The first-order valence-corrected chi connectivity index (χ1v) is 28.1. The standard InChI is InChI=1S/C52H106S2/c1-7-13-19-25-31-37-43-49-51(45-39-33-27-21-15-9-3,46-40-34-28-22-16-10-4)53-54-52(47-41-35-29-23-17-11-5,48-42-36-30-24-18-12-6)50-44-38-32-26-20-14-8-2/h7-50H2,1-6H3. The Morgan fingerprint density at radius 2 is 0.315 bits per heavy atom. The van der Waals surface area contributed by atoms with Gasteiger partial charge in [0.15, 0.2) is 0 Å². The minimum absolute atomic E-state index is 0.497. The molecule has 0 heterocycles. The molecule has 0 unspecified atom stereocenters. The Bertz CT molecular complexity index is 598. The Labute approximate surface area is 353 Å². The van der Waals surface area contributed by atoms with E-state index in [1.165, 1.54) is 283 Å². The van der Waals surface area contributed by atoms with Gasteiger partial charge in [0.05, 0.1) is 0 Å². The fourth-order valence-corrected chi connectivity index (χ4v) is 13.2. The van der Waals surface area contributed by atoms with Crippen molar-refractivity contribution in [1.82, 2.24) is 0 Å². The van der Waals surface area contributed by atoms with Gasteiger partial charge in [0.1, 0.15) is 0 Å². The molecular weight excluding hydrogens is 689 g/mol. The van der Waals surface area contributed by atoms with Crippen LogP contribution >= 0.6 is 21.6 Å². The smallest absolute Gasteiger partial charge is 0.0263 e. The minimum atomic E-state index is 0.497. The molecule has 0 atom stereocenters. The van der Waals surface area contributed by atoms with E-state index in [1.54, 1.807) is 0 Å². The van der Waals surface area contributed by atoms with Crippen LogP contribution in [0.15, 0.2) is 0 Å². The van der Waals surface area contributed by atoms with Crippen molar-refractivity contribution in [2.24, 2.45) is 0 Å². The monoisotopic (exact) mass is 795 g/mol. The third-order valence-electron chi connectivity index (χ3n) is 12.8. The summed E-state index contributed by atoms with van der Waals surface area (Å²) in [6.07, 6.45) is 63.9. The third kappa shape index (κ3) is 34.7. The first-order valence-electron chi connectivity index (χ1n) is 25.9. The van der Waals surface area contributed by atoms with Crippen LogP contribution in [0.2, 0.25) is 0 Å². The molecule has 54 heavy (non-hydrogen) atoms. The highest BCUT2D eigenvalue weighted by Gasteiger charge is 2.36. The van der Waals surface area contributed by atoms with Crippen LogP contribution in [0.4, 0.5) is 0 Å². The van der Waals surface area contributed by atoms with Crippen molar-refractivity contribution in [2.45, 2.75) is 334 Å². The van der Waals surface area contributed by atoms with E-state index in [9.17, 15) is 0 Å². The van der Waals surface area contributed by atoms with Crippen molar-refractivity contribution in [1.29, 1.82) is 0 Å². The molecule has 0 spiro atoms. The average Bonchev–Trinajstić information content (AvgIpc) is 3.18. The summed E-state index contributed by atoms with van der Waals surface area (Å²) in [4.78, 5) is 0. The van der Waals surface area contributed by atoms with Crippen molar-refractivity contribution >= 4 is 21.6 Å². The maximum atomic E-state index is 2.52. The summed E-state index contributed by atoms with van der Waals surface area (Å²) >= 11 is 0. The lowest BCUT2D eigenvalue weighted by atomic mass is 9.88. The second kappa shape index (κ2) is 43.3. The van der Waals surface area contributed by atoms with Crippen molar-refractivity contribution < 1.29 is 0 Å². The molecule has 0 saturated carbocycles. The first-order chi connectivity index (χ1) is 26.6. The van der Waals surface area contributed by atoms with Crippen molar-refractivity contribution in [3.05, 3.63) is 0 Å². The summed E-state index contributed by atoms with van der Waals surface area (Å²) in [6, 6.07) is 0. The van der Waals surface area contributed by atoms with Crippen molar-refractivity contribution in [2.75, 3.05) is 0 Å². The Morgan fingerprint density at radius 3 is 0.463 bits per heavy atom. The fraction of sp³-hybridized carbons (Fsp3) is 1.00. The Hall–Kier alpha value is 0.700. The van der Waals surface area contributed by atoms with Crippen LogP contribution in [0.5, 0.6) is 0 Å². The lowest BCUT2D eigenvalue weighted by molar-refractivity contribution is 0.400. The van der Waals surface area contributed by atoms with Crippen LogP contribution in [-0.4, -0.2) is 9.49 Å². The molecule has 0 aromatic rings. The molecule has 0 N–H and O–H groups in total. The molecule has 0 rings (SSSR count). The number of hydrogen-bond acceptors (Lipinski definition) is 2. The maximum absolute atomic E-state index is 2.52. The molecule has 0 aliphatic heterocycles. The summed E-state index contributed by atoms with van der Waals surface area (Å²) in [7, 11) is 5.04. The van der Waals surface area contributed by atoms with E-state index >= 15 is 0 Å². The topological polar surface area (TPSA) is 0 Å². The second-order valence-electron chi connectivity index (χ2n) is 18.3. The van der Waals surface area contributed by atoms with Gasteiger partial charge in [-0.1, -0.05) is 307 Å². The Kier molecular flexibility index (Phi) is 43.8. The molecule has 0 fully saturated rings. The molecule has 0 amide bonds. The summed E-state index contributed by atoms with van der Waals surface area (Å²) in [5, 5.41) is 0. The van der Waals surface area contributed by atoms with Crippen LogP contribution < -0.4 is 0 Å². The molecular formula is C52H106S2. The molecule has 0 radical (unpaired) electrons. The Morgan fingerprint density at radius 1 is 0.185 bits per heavy atom. The Balaban J connectivity index is 6.20. The average molecular weight is 796 g/mol. The first kappa shape index (κ1) is 54.7. The third-order valence-corrected chi connectivity index (χ3v) is 17.2. The van der Waals surface area contributed by atoms with Crippen molar-refractivity contribution in [3.63, 3.8) is 0 Å².